The first-order valence-electron chi connectivity index (χ1n) is 9.88. The van der Waals surface area contributed by atoms with Gasteiger partial charge >= 0.3 is 0 Å². The van der Waals surface area contributed by atoms with Crippen molar-refractivity contribution in [2.75, 3.05) is 0 Å². The fourth-order valence-corrected chi connectivity index (χ4v) is 3.02. The minimum atomic E-state index is -0.0428. The molecule has 0 aromatic heterocycles. The average molecular weight is 299 g/mol. The molecule has 2 unspecified atom stereocenters. The molecule has 0 aliphatic rings. The van der Waals surface area contributed by atoms with E-state index in [0.717, 1.165) is 18.8 Å². The molecule has 0 radical (unpaired) electrons. The number of unbranched alkanes of at least 4 members (excludes halogenated alkanes) is 9. The summed E-state index contributed by atoms with van der Waals surface area (Å²) in [4.78, 5) is 0. The molecule has 0 aliphatic carbocycles. The lowest BCUT2D eigenvalue weighted by Crippen LogP contribution is -2.08. The van der Waals surface area contributed by atoms with Gasteiger partial charge in [-0.3, -0.25) is 0 Å². The van der Waals surface area contributed by atoms with Gasteiger partial charge in [-0.15, -0.1) is 0 Å². The highest BCUT2D eigenvalue weighted by Gasteiger charge is 2.08. The van der Waals surface area contributed by atoms with Gasteiger partial charge in [-0.05, 0) is 25.2 Å². The minimum Gasteiger partial charge on any atom is -0.393 e. The first-order valence-corrected chi connectivity index (χ1v) is 9.88. The van der Waals surface area contributed by atoms with Gasteiger partial charge in [-0.1, -0.05) is 97.8 Å². The molecule has 1 N–H and O–H groups in total. The van der Waals surface area contributed by atoms with E-state index >= 15 is 0 Å². The monoisotopic (exact) mass is 298 g/mol. The van der Waals surface area contributed by atoms with Crippen LogP contribution in [0.4, 0.5) is 0 Å². The lowest BCUT2D eigenvalue weighted by molar-refractivity contribution is 0.141. The molecule has 0 aliphatic heterocycles. The van der Waals surface area contributed by atoms with E-state index in [1.54, 1.807) is 0 Å². The van der Waals surface area contributed by atoms with Crippen molar-refractivity contribution in [1.82, 2.24) is 0 Å². The summed E-state index contributed by atoms with van der Waals surface area (Å²) in [6.07, 6.45) is 19.4. The molecule has 0 rings (SSSR count). The molecule has 2 atom stereocenters. The highest BCUT2D eigenvalue weighted by atomic mass is 16.3. The zero-order valence-electron chi connectivity index (χ0n) is 15.2. The molecule has 128 valence electrons. The van der Waals surface area contributed by atoms with Gasteiger partial charge in [0.15, 0.2) is 0 Å². The third-order valence-corrected chi connectivity index (χ3v) is 4.68. The summed E-state index contributed by atoms with van der Waals surface area (Å²) in [5.41, 5.74) is 0. The molecule has 0 spiro atoms. The van der Waals surface area contributed by atoms with Crippen LogP contribution < -0.4 is 0 Å². The molecular formula is C20H42O. The van der Waals surface area contributed by atoms with Crippen LogP contribution in [0.1, 0.15) is 117 Å². The van der Waals surface area contributed by atoms with Crippen molar-refractivity contribution in [3.05, 3.63) is 0 Å². The first-order chi connectivity index (χ1) is 10.2. The molecular weight excluding hydrogens is 256 g/mol. The largest absolute Gasteiger partial charge is 0.393 e. The molecule has 0 heterocycles. The van der Waals surface area contributed by atoms with Crippen LogP contribution in [-0.2, 0) is 0 Å². The third-order valence-electron chi connectivity index (χ3n) is 4.68. The molecule has 0 saturated carbocycles. The summed E-state index contributed by atoms with van der Waals surface area (Å²) in [5, 5.41) is 10.0. The quantitative estimate of drug-likeness (QED) is 0.308. The molecule has 1 nitrogen and oxygen atoms in total. The van der Waals surface area contributed by atoms with Gasteiger partial charge in [-0.2, -0.15) is 0 Å². The molecule has 0 aromatic carbocycles. The lowest BCUT2D eigenvalue weighted by Gasteiger charge is -2.15. The van der Waals surface area contributed by atoms with Crippen molar-refractivity contribution >= 4 is 0 Å². The zero-order chi connectivity index (χ0) is 15.8. The topological polar surface area (TPSA) is 20.2 Å². The Kier molecular flexibility index (Phi) is 16.3. The molecule has 0 amide bonds. The summed E-state index contributed by atoms with van der Waals surface area (Å²) >= 11 is 0. The highest BCUT2D eigenvalue weighted by molar-refractivity contribution is 4.61. The minimum absolute atomic E-state index is 0.0428. The lowest BCUT2D eigenvalue weighted by atomic mass is 9.95. The first kappa shape index (κ1) is 21.0. The predicted octanol–water partition coefficient (Wildman–Crippen LogP) is 6.87. The summed E-state index contributed by atoms with van der Waals surface area (Å²) in [5.74, 6) is 0.797. The standard InChI is InChI=1S/C20H42O/c1-4-6-8-10-11-12-14-16-20(21)18-17-19(3)15-13-9-7-5-2/h19-21H,4-18H2,1-3H3. The van der Waals surface area contributed by atoms with Crippen LogP contribution in [0.2, 0.25) is 0 Å². The maximum absolute atomic E-state index is 10.0. The summed E-state index contributed by atoms with van der Waals surface area (Å²) in [6, 6.07) is 0. The van der Waals surface area contributed by atoms with Gasteiger partial charge in [-0.25, -0.2) is 0 Å². The SMILES string of the molecule is CCCCCCCCCC(O)CCC(C)CCCCCC. The highest BCUT2D eigenvalue weighted by Crippen LogP contribution is 2.18. The molecule has 0 saturated heterocycles. The van der Waals surface area contributed by atoms with Crippen LogP contribution in [-0.4, -0.2) is 11.2 Å². The Bertz CT molecular complexity index is 190. The van der Waals surface area contributed by atoms with Crippen LogP contribution in [0.25, 0.3) is 0 Å². The molecule has 0 aromatic rings. The number of rotatable bonds is 16. The van der Waals surface area contributed by atoms with Crippen LogP contribution in [0.5, 0.6) is 0 Å². The molecule has 0 bridgehead atoms. The Balaban J connectivity index is 3.30. The normalized spacial score (nSPS) is 14.3. The number of hydrogen-bond acceptors (Lipinski definition) is 1. The van der Waals surface area contributed by atoms with Crippen LogP contribution in [0.3, 0.4) is 0 Å². The predicted molar refractivity (Wildman–Crippen MR) is 95.8 cm³/mol. The van der Waals surface area contributed by atoms with Gasteiger partial charge in [0.1, 0.15) is 0 Å². The van der Waals surface area contributed by atoms with Crippen molar-refractivity contribution in [2.24, 2.45) is 5.92 Å². The smallest absolute Gasteiger partial charge is 0.0540 e. The van der Waals surface area contributed by atoms with Crippen LogP contribution in [0.15, 0.2) is 0 Å². The molecule has 0 fully saturated rings. The van der Waals surface area contributed by atoms with E-state index in [2.05, 4.69) is 20.8 Å². The summed E-state index contributed by atoms with van der Waals surface area (Å²) in [6.45, 7) is 6.89. The second kappa shape index (κ2) is 16.3. The van der Waals surface area contributed by atoms with Crippen LogP contribution >= 0.6 is 0 Å². The maximum atomic E-state index is 10.0. The summed E-state index contributed by atoms with van der Waals surface area (Å²) < 4.78 is 0. The maximum Gasteiger partial charge on any atom is 0.0540 e. The van der Waals surface area contributed by atoms with Crippen molar-refractivity contribution in [3.63, 3.8) is 0 Å². The van der Waals surface area contributed by atoms with E-state index in [0.29, 0.717) is 0 Å². The number of hydrogen-bond donors (Lipinski definition) is 1. The van der Waals surface area contributed by atoms with E-state index in [1.165, 1.54) is 83.5 Å². The van der Waals surface area contributed by atoms with Gasteiger partial charge in [0.05, 0.1) is 6.10 Å². The third kappa shape index (κ3) is 16.2. The van der Waals surface area contributed by atoms with Gasteiger partial charge < -0.3 is 5.11 Å². The van der Waals surface area contributed by atoms with E-state index in [9.17, 15) is 5.11 Å². The Morgan fingerprint density at radius 1 is 0.571 bits per heavy atom. The fourth-order valence-electron chi connectivity index (χ4n) is 3.02. The van der Waals surface area contributed by atoms with Crippen molar-refractivity contribution < 1.29 is 5.11 Å². The Hall–Kier alpha value is -0.0400. The van der Waals surface area contributed by atoms with Crippen LogP contribution in [0, 0.1) is 5.92 Å². The average Bonchev–Trinajstić information content (AvgIpc) is 2.48. The zero-order valence-corrected chi connectivity index (χ0v) is 15.2. The van der Waals surface area contributed by atoms with Gasteiger partial charge in [0, 0.05) is 0 Å². The second-order valence-electron chi connectivity index (χ2n) is 7.10. The van der Waals surface area contributed by atoms with Crippen molar-refractivity contribution in [3.8, 4) is 0 Å². The van der Waals surface area contributed by atoms with E-state index in [1.807, 2.05) is 0 Å². The van der Waals surface area contributed by atoms with Crippen molar-refractivity contribution in [1.29, 1.82) is 0 Å². The van der Waals surface area contributed by atoms with Gasteiger partial charge in [0.25, 0.3) is 0 Å². The Labute approximate surface area is 134 Å². The Morgan fingerprint density at radius 2 is 1.05 bits per heavy atom. The Morgan fingerprint density at radius 3 is 1.67 bits per heavy atom. The fraction of sp³-hybridized carbons (Fsp3) is 1.00. The van der Waals surface area contributed by atoms with Gasteiger partial charge in [0.2, 0.25) is 0 Å². The van der Waals surface area contributed by atoms with E-state index in [4.69, 9.17) is 0 Å². The number of aliphatic hydroxyl groups is 1. The molecule has 21 heavy (non-hydrogen) atoms. The van der Waals surface area contributed by atoms with Crippen molar-refractivity contribution in [2.45, 2.75) is 123 Å². The molecule has 1 heteroatoms. The van der Waals surface area contributed by atoms with E-state index in [-0.39, 0.29) is 6.10 Å². The number of aliphatic hydroxyl groups excluding tert-OH is 1. The second-order valence-corrected chi connectivity index (χ2v) is 7.10. The summed E-state index contributed by atoms with van der Waals surface area (Å²) in [7, 11) is 0. The van der Waals surface area contributed by atoms with E-state index < -0.39 is 0 Å².